The van der Waals surface area contributed by atoms with Crippen molar-refractivity contribution in [1.29, 1.82) is 0 Å². The maximum Gasteiger partial charge on any atom is 0.338 e. The summed E-state index contributed by atoms with van der Waals surface area (Å²) >= 11 is 0. The van der Waals surface area contributed by atoms with Gasteiger partial charge in [-0.3, -0.25) is 4.79 Å². The van der Waals surface area contributed by atoms with E-state index in [1.807, 2.05) is 43.3 Å². The molecule has 1 aromatic heterocycles. The van der Waals surface area contributed by atoms with E-state index in [1.165, 1.54) is 0 Å². The lowest BCUT2D eigenvalue weighted by atomic mass is 9.94. The second-order valence-electron chi connectivity index (χ2n) is 6.00. The number of fused-ring (bicyclic) bond motifs is 1. The van der Waals surface area contributed by atoms with Gasteiger partial charge >= 0.3 is 5.97 Å². The molecule has 128 valence electrons. The molecule has 0 atom stereocenters. The van der Waals surface area contributed by atoms with Crippen LogP contribution in [0.15, 0.2) is 41.2 Å². The predicted molar refractivity (Wildman–Crippen MR) is 97.0 cm³/mol. The fourth-order valence-corrected chi connectivity index (χ4v) is 3.18. The van der Waals surface area contributed by atoms with Crippen LogP contribution in [0.4, 0.5) is 0 Å². The molecular weight excluding hydrogens is 316 g/mol. The van der Waals surface area contributed by atoms with Crippen molar-refractivity contribution in [3.63, 3.8) is 0 Å². The number of aromatic nitrogens is 2. The molecule has 3 aromatic rings. The first-order valence-corrected chi connectivity index (χ1v) is 8.25. The molecule has 5 heteroatoms. The van der Waals surface area contributed by atoms with Gasteiger partial charge < -0.3 is 4.74 Å². The number of nitrogens with zero attached hydrogens (tertiary/aromatic N) is 1. The number of hydrogen-bond donors (Lipinski definition) is 1. The third kappa shape index (κ3) is 3.18. The van der Waals surface area contributed by atoms with Gasteiger partial charge in [-0.05, 0) is 43.5 Å². The highest BCUT2D eigenvalue weighted by Gasteiger charge is 2.19. The summed E-state index contributed by atoms with van der Waals surface area (Å²) in [7, 11) is 0. The molecule has 0 aliphatic carbocycles. The first-order chi connectivity index (χ1) is 12.0. The van der Waals surface area contributed by atoms with Crippen LogP contribution in [0.1, 0.15) is 39.7 Å². The van der Waals surface area contributed by atoms with Crippen LogP contribution in [0.2, 0.25) is 0 Å². The first-order valence-electron chi connectivity index (χ1n) is 8.25. The smallest absolute Gasteiger partial charge is 0.338 e. The molecule has 5 nitrogen and oxygen atoms in total. The number of rotatable bonds is 4. The summed E-state index contributed by atoms with van der Waals surface area (Å²) in [5, 5.41) is 8.07. The maximum atomic E-state index is 12.4. The fraction of sp³-hybridized carbons (Fsp3) is 0.250. The van der Waals surface area contributed by atoms with Crippen molar-refractivity contribution in [1.82, 2.24) is 10.2 Å². The van der Waals surface area contributed by atoms with Gasteiger partial charge in [0.05, 0.1) is 23.3 Å². The highest BCUT2D eigenvalue weighted by molar-refractivity contribution is 6.00. The van der Waals surface area contributed by atoms with E-state index in [0.29, 0.717) is 29.5 Å². The van der Waals surface area contributed by atoms with Crippen LogP contribution in [0.5, 0.6) is 0 Å². The molecule has 3 rings (SSSR count). The van der Waals surface area contributed by atoms with Gasteiger partial charge in [0.25, 0.3) is 5.56 Å². The van der Waals surface area contributed by atoms with Crippen LogP contribution in [-0.4, -0.2) is 22.8 Å². The Balaban J connectivity index is 2.21. The van der Waals surface area contributed by atoms with E-state index in [4.69, 9.17) is 4.74 Å². The van der Waals surface area contributed by atoms with E-state index in [1.54, 1.807) is 13.8 Å². The topological polar surface area (TPSA) is 72.0 Å². The summed E-state index contributed by atoms with van der Waals surface area (Å²) in [5.41, 5.74) is 3.46. The van der Waals surface area contributed by atoms with E-state index < -0.39 is 5.97 Å². The summed E-state index contributed by atoms with van der Waals surface area (Å²) in [6, 6.07) is 11.8. The first kappa shape index (κ1) is 16.9. The van der Waals surface area contributed by atoms with Crippen LogP contribution in [0, 0.1) is 13.8 Å². The summed E-state index contributed by atoms with van der Waals surface area (Å²) in [6.45, 7) is 5.69. The lowest BCUT2D eigenvalue weighted by molar-refractivity contribution is 0.0525. The van der Waals surface area contributed by atoms with Gasteiger partial charge in [0, 0.05) is 11.8 Å². The quantitative estimate of drug-likeness (QED) is 0.742. The highest BCUT2D eigenvalue weighted by Crippen LogP contribution is 2.26. The largest absolute Gasteiger partial charge is 0.462 e. The molecule has 0 fully saturated rings. The van der Waals surface area contributed by atoms with Gasteiger partial charge in [-0.25, -0.2) is 9.89 Å². The molecule has 0 amide bonds. The predicted octanol–water partition coefficient (Wildman–Crippen LogP) is 3.31. The van der Waals surface area contributed by atoms with Gasteiger partial charge in [-0.15, -0.1) is 0 Å². The van der Waals surface area contributed by atoms with Crippen LogP contribution < -0.4 is 5.56 Å². The summed E-state index contributed by atoms with van der Waals surface area (Å²) in [6.07, 6.45) is 0.603. The standard InChI is InChI=1S/C20H20N2O3/c1-4-25-20(24)17-12(2)10-15-16(11-14-8-6-5-7-9-14)21-22-19(23)18(15)13(17)3/h5-10H,4,11H2,1-3H3,(H,22,23). The second kappa shape index (κ2) is 6.89. The van der Waals surface area contributed by atoms with E-state index in [-0.39, 0.29) is 5.56 Å². The number of benzene rings is 2. The van der Waals surface area contributed by atoms with Crippen molar-refractivity contribution in [3.8, 4) is 0 Å². The number of aromatic amines is 1. The average molecular weight is 336 g/mol. The minimum absolute atomic E-state index is 0.293. The number of esters is 1. The summed E-state index contributed by atoms with van der Waals surface area (Å²) in [4.78, 5) is 24.6. The Hall–Kier alpha value is -2.95. The van der Waals surface area contributed by atoms with Crippen molar-refractivity contribution in [2.75, 3.05) is 6.61 Å². The van der Waals surface area contributed by atoms with E-state index in [9.17, 15) is 9.59 Å². The molecule has 1 N–H and O–H groups in total. The third-order valence-electron chi connectivity index (χ3n) is 4.30. The summed E-state index contributed by atoms with van der Waals surface area (Å²) < 4.78 is 5.14. The number of carbonyl (C=O) groups is 1. The number of carbonyl (C=O) groups excluding carboxylic acids is 1. The highest BCUT2D eigenvalue weighted by atomic mass is 16.5. The van der Waals surface area contributed by atoms with Crippen LogP contribution in [0.3, 0.4) is 0 Å². The van der Waals surface area contributed by atoms with Gasteiger partial charge in [0.15, 0.2) is 0 Å². The molecule has 1 heterocycles. The molecule has 25 heavy (non-hydrogen) atoms. The van der Waals surface area contributed by atoms with Crippen LogP contribution >= 0.6 is 0 Å². The average Bonchev–Trinajstić information content (AvgIpc) is 2.58. The number of hydrogen-bond acceptors (Lipinski definition) is 4. The fourth-order valence-electron chi connectivity index (χ4n) is 3.18. The van der Waals surface area contributed by atoms with E-state index in [2.05, 4.69) is 10.2 Å². The molecule has 0 aliphatic heterocycles. The molecule has 0 saturated carbocycles. The van der Waals surface area contributed by atoms with Gasteiger partial charge in [-0.2, -0.15) is 5.10 Å². The zero-order chi connectivity index (χ0) is 18.0. The lowest BCUT2D eigenvalue weighted by Gasteiger charge is -2.13. The Morgan fingerprint density at radius 3 is 2.60 bits per heavy atom. The number of H-pyrrole nitrogens is 1. The van der Waals surface area contributed by atoms with Gasteiger partial charge in [-0.1, -0.05) is 30.3 Å². The van der Waals surface area contributed by atoms with Crippen molar-refractivity contribution < 1.29 is 9.53 Å². The molecule has 0 aliphatic rings. The van der Waals surface area contributed by atoms with Crippen LogP contribution in [0.25, 0.3) is 10.8 Å². The molecule has 2 aromatic carbocycles. The minimum atomic E-state index is -0.403. The zero-order valence-electron chi connectivity index (χ0n) is 14.6. The van der Waals surface area contributed by atoms with Crippen LogP contribution in [-0.2, 0) is 11.2 Å². The minimum Gasteiger partial charge on any atom is -0.462 e. The Morgan fingerprint density at radius 2 is 1.92 bits per heavy atom. The molecule has 0 saturated heterocycles. The maximum absolute atomic E-state index is 12.4. The zero-order valence-corrected chi connectivity index (χ0v) is 14.6. The van der Waals surface area contributed by atoms with Crippen molar-refractivity contribution in [3.05, 3.63) is 74.7 Å². The van der Waals surface area contributed by atoms with E-state index in [0.717, 1.165) is 22.2 Å². The van der Waals surface area contributed by atoms with Gasteiger partial charge in [0.2, 0.25) is 0 Å². The number of aryl methyl sites for hydroxylation is 2. The number of ether oxygens (including phenoxy) is 1. The Morgan fingerprint density at radius 1 is 1.20 bits per heavy atom. The van der Waals surface area contributed by atoms with Crippen molar-refractivity contribution >= 4 is 16.7 Å². The third-order valence-corrected chi connectivity index (χ3v) is 4.30. The molecule has 0 unspecified atom stereocenters. The molecule has 0 bridgehead atoms. The normalized spacial score (nSPS) is 10.8. The van der Waals surface area contributed by atoms with Gasteiger partial charge in [0.1, 0.15) is 0 Å². The van der Waals surface area contributed by atoms with Crippen molar-refractivity contribution in [2.45, 2.75) is 27.2 Å². The molecule has 0 spiro atoms. The number of nitrogens with one attached hydrogen (secondary N) is 1. The lowest BCUT2D eigenvalue weighted by Crippen LogP contribution is -2.16. The Kier molecular flexibility index (Phi) is 4.65. The molecule has 0 radical (unpaired) electrons. The monoisotopic (exact) mass is 336 g/mol. The molecular formula is C20H20N2O3. The Bertz CT molecular complexity index is 991. The summed E-state index contributed by atoms with van der Waals surface area (Å²) in [5.74, 6) is -0.403. The van der Waals surface area contributed by atoms with E-state index >= 15 is 0 Å². The second-order valence-corrected chi connectivity index (χ2v) is 6.00. The van der Waals surface area contributed by atoms with Crippen molar-refractivity contribution in [2.24, 2.45) is 0 Å². The SMILES string of the molecule is CCOC(=O)c1c(C)cc2c(Cc3ccccc3)n[nH]c(=O)c2c1C. The Labute approximate surface area is 145 Å².